The van der Waals surface area contributed by atoms with Crippen LogP contribution >= 0.6 is 0 Å². The summed E-state index contributed by atoms with van der Waals surface area (Å²) in [4.78, 5) is 36.9. The molecular formula is C19H16N2O7. The lowest BCUT2D eigenvalue weighted by Crippen LogP contribution is -2.20. The van der Waals surface area contributed by atoms with Crippen LogP contribution in [0.25, 0.3) is 10.9 Å². The number of fused-ring (bicyclic) bond motifs is 1. The number of carbonyl (C=O) groups excluding carboxylic acids is 1. The first-order valence-corrected chi connectivity index (χ1v) is 8.35. The van der Waals surface area contributed by atoms with Gasteiger partial charge in [-0.2, -0.15) is 0 Å². The van der Waals surface area contributed by atoms with Gasteiger partial charge < -0.3 is 19.9 Å². The van der Waals surface area contributed by atoms with E-state index in [0.717, 1.165) is 17.7 Å². The third-order valence-electron chi connectivity index (χ3n) is 4.16. The molecule has 1 aromatic heterocycles. The number of hydrogen-bond acceptors (Lipinski definition) is 7. The highest BCUT2D eigenvalue weighted by atomic mass is 16.6. The molecule has 0 unspecified atom stereocenters. The Hall–Kier alpha value is -3.88. The van der Waals surface area contributed by atoms with Gasteiger partial charge in [0.25, 0.3) is 11.2 Å². The summed E-state index contributed by atoms with van der Waals surface area (Å²) < 4.78 is 5.07. The Kier molecular flexibility index (Phi) is 5.25. The number of hydrogen-bond donors (Lipinski definition) is 3. The van der Waals surface area contributed by atoms with Gasteiger partial charge in [-0.15, -0.1) is 0 Å². The summed E-state index contributed by atoms with van der Waals surface area (Å²) in [5, 5.41) is 30.4. The van der Waals surface area contributed by atoms with Gasteiger partial charge in [0.05, 0.1) is 17.0 Å². The molecule has 0 bridgehead atoms. The third kappa shape index (κ3) is 3.93. The van der Waals surface area contributed by atoms with Gasteiger partial charge in [-0.25, -0.2) is 4.79 Å². The number of pyridine rings is 1. The highest BCUT2D eigenvalue weighted by molar-refractivity contribution is 5.99. The van der Waals surface area contributed by atoms with Crippen LogP contribution in [-0.2, 0) is 11.2 Å². The topological polar surface area (TPSA) is 143 Å². The second kappa shape index (κ2) is 7.78. The monoisotopic (exact) mass is 384 g/mol. The molecule has 0 amide bonds. The molecule has 3 N–H and O–H groups in total. The molecule has 0 saturated carbocycles. The number of phenolic OH excluding ortho intramolecular Hbond substituents is 1. The third-order valence-corrected chi connectivity index (χ3v) is 4.16. The number of non-ortho nitro benzene ring substituents is 1. The average molecular weight is 384 g/mol. The van der Waals surface area contributed by atoms with Crippen molar-refractivity contribution in [2.45, 2.75) is 12.8 Å². The Morgan fingerprint density at radius 3 is 2.54 bits per heavy atom. The first kappa shape index (κ1) is 18.9. The maximum atomic E-state index is 12.2. The molecule has 3 rings (SSSR count). The van der Waals surface area contributed by atoms with Crippen LogP contribution in [0.15, 0.2) is 47.3 Å². The van der Waals surface area contributed by atoms with Crippen molar-refractivity contribution in [1.82, 2.24) is 4.98 Å². The second-order valence-electron chi connectivity index (χ2n) is 6.07. The quantitative estimate of drug-likeness (QED) is 0.256. The number of ether oxygens (including phenoxy) is 1. The lowest BCUT2D eigenvalue weighted by atomic mass is 10.1. The molecule has 0 fully saturated rings. The number of aryl methyl sites for hydroxylation is 1. The van der Waals surface area contributed by atoms with Crippen LogP contribution in [0.5, 0.6) is 11.5 Å². The Morgan fingerprint density at radius 2 is 1.86 bits per heavy atom. The maximum absolute atomic E-state index is 12.2. The molecule has 144 valence electrons. The number of nitrogens with zero attached hydrogens (tertiary/aromatic N) is 1. The summed E-state index contributed by atoms with van der Waals surface area (Å²) in [5.41, 5.74) is -0.713. The first-order chi connectivity index (χ1) is 13.4. The van der Waals surface area contributed by atoms with E-state index in [9.17, 15) is 29.9 Å². The fraction of sp³-hybridized carbons (Fsp3) is 0.158. The molecule has 1 heterocycles. The number of carbonyl (C=O) groups is 1. The number of nitro groups is 1. The number of aromatic amines is 1. The van der Waals surface area contributed by atoms with Crippen molar-refractivity contribution in [1.29, 1.82) is 0 Å². The van der Waals surface area contributed by atoms with Gasteiger partial charge in [0.15, 0.2) is 5.56 Å². The highest BCUT2D eigenvalue weighted by Crippen LogP contribution is 2.28. The smallest absolute Gasteiger partial charge is 0.347 e. The normalized spacial score (nSPS) is 10.7. The molecule has 2 aromatic carbocycles. The van der Waals surface area contributed by atoms with E-state index in [1.807, 2.05) is 0 Å². The van der Waals surface area contributed by atoms with Gasteiger partial charge in [0.2, 0.25) is 0 Å². The van der Waals surface area contributed by atoms with Crippen molar-refractivity contribution in [3.8, 4) is 11.5 Å². The molecule has 9 heteroatoms. The minimum atomic E-state index is -0.982. The zero-order chi connectivity index (χ0) is 20.3. The lowest BCUT2D eigenvalue weighted by Gasteiger charge is -2.08. The van der Waals surface area contributed by atoms with Crippen LogP contribution in [-0.4, -0.2) is 32.7 Å². The molecule has 0 spiro atoms. The van der Waals surface area contributed by atoms with Gasteiger partial charge in [0.1, 0.15) is 11.5 Å². The van der Waals surface area contributed by atoms with Crippen LogP contribution in [0.2, 0.25) is 0 Å². The maximum Gasteiger partial charge on any atom is 0.347 e. The fourth-order valence-electron chi connectivity index (χ4n) is 2.75. The zero-order valence-electron chi connectivity index (χ0n) is 14.5. The van der Waals surface area contributed by atoms with E-state index in [2.05, 4.69) is 4.98 Å². The van der Waals surface area contributed by atoms with Crippen LogP contribution in [0.1, 0.15) is 22.3 Å². The van der Waals surface area contributed by atoms with E-state index in [1.54, 1.807) is 24.3 Å². The molecule has 0 atom stereocenters. The Morgan fingerprint density at radius 1 is 1.14 bits per heavy atom. The fourth-order valence-corrected chi connectivity index (χ4v) is 2.75. The second-order valence-corrected chi connectivity index (χ2v) is 6.07. The van der Waals surface area contributed by atoms with Crippen molar-refractivity contribution < 1.29 is 24.7 Å². The van der Waals surface area contributed by atoms with Crippen molar-refractivity contribution in [3.05, 3.63) is 74.1 Å². The predicted molar refractivity (Wildman–Crippen MR) is 99.6 cm³/mol. The zero-order valence-corrected chi connectivity index (χ0v) is 14.5. The predicted octanol–water partition coefficient (Wildman–Crippen LogP) is 2.64. The van der Waals surface area contributed by atoms with Gasteiger partial charge in [0, 0.05) is 17.5 Å². The van der Waals surface area contributed by atoms with Crippen molar-refractivity contribution in [2.75, 3.05) is 6.61 Å². The Balaban J connectivity index is 1.72. The number of nitro benzene ring substituents is 1. The molecular weight excluding hydrogens is 368 g/mol. The first-order valence-electron chi connectivity index (χ1n) is 8.35. The van der Waals surface area contributed by atoms with Gasteiger partial charge >= 0.3 is 5.97 Å². The summed E-state index contributed by atoms with van der Waals surface area (Å²) in [6.07, 6.45) is 1.08. The largest absolute Gasteiger partial charge is 0.508 e. The van der Waals surface area contributed by atoms with Crippen LogP contribution < -0.4 is 5.56 Å². The van der Waals surface area contributed by atoms with E-state index < -0.39 is 27.8 Å². The van der Waals surface area contributed by atoms with E-state index in [4.69, 9.17) is 4.74 Å². The molecule has 0 radical (unpaired) electrons. The number of aromatic hydroxyl groups is 2. The summed E-state index contributed by atoms with van der Waals surface area (Å²) >= 11 is 0. The van der Waals surface area contributed by atoms with E-state index >= 15 is 0 Å². The molecule has 0 aliphatic carbocycles. The van der Waals surface area contributed by atoms with Crippen LogP contribution in [0.3, 0.4) is 0 Å². The van der Waals surface area contributed by atoms with Crippen molar-refractivity contribution >= 4 is 22.6 Å². The Labute approximate surface area is 158 Å². The summed E-state index contributed by atoms with van der Waals surface area (Å²) in [6, 6.07) is 10.1. The summed E-state index contributed by atoms with van der Waals surface area (Å²) in [6.45, 7) is 0.0247. The van der Waals surface area contributed by atoms with Crippen molar-refractivity contribution in [3.63, 3.8) is 0 Å². The molecule has 9 nitrogen and oxygen atoms in total. The molecule has 28 heavy (non-hydrogen) atoms. The number of nitrogens with one attached hydrogen (secondary N) is 1. The number of aromatic nitrogens is 1. The minimum absolute atomic E-state index is 0.0247. The molecule has 0 aliphatic heterocycles. The number of phenols is 1. The lowest BCUT2D eigenvalue weighted by molar-refractivity contribution is -0.384. The van der Waals surface area contributed by atoms with Gasteiger partial charge in [-0.3, -0.25) is 14.9 Å². The molecule has 3 aromatic rings. The SMILES string of the molecule is O=C(OCCCc1ccc(O)cc1)c1c(O)c2ccc([N+](=O)[O-])cc2[nH]c1=O. The number of H-pyrrole nitrogens is 1. The summed E-state index contributed by atoms with van der Waals surface area (Å²) in [5.74, 6) is -1.41. The average Bonchev–Trinajstić information content (AvgIpc) is 2.66. The van der Waals surface area contributed by atoms with Crippen LogP contribution in [0.4, 0.5) is 5.69 Å². The molecule has 0 saturated heterocycles. The number of rotatable bonds is 6. The van der Waals surface area contributed by atoms with Crippen molar-refractivity contribution in [2.24, 2.45) is 0 Å². The van der Waals surface area contributed by atoms with Gasteiger partial charge in [-0.05, 0) is 36.6 Å². The van der Waals surface area contributed by atoms with Crippen LogP contribution in [0, 0.1) is 10.1 Å². The Bertz CT molecular complexity index is 1100. The number of esters is 1. The number of benzene rings is 2. The minimum Gasteiger partial charge on any atom is -0.508 e. The summed E-state index contributed by atoms with van der Waals surface area (Å²) in [7, 11) is 0. The van der Waals surface area contributed by atoms with E-state index in [0.29, 0.717) is 12.8 Å². The van der Waals surface area contributed by atoms with E-state index in [-0.39, 0.29) is 28.9 Å². The highest BCUT2D eigenvalue weighted by Gasteiger charge is 2.21. The van der Waals surface area contributed by atoms with Gasteiger partial charge in [-0.1, -0.05) is 12.1 Å². The molecule has 0 aliphatic rings. The van der Waals surface area contributed by atoms with E-state index in [1.165, 1.54) is 6.07 Å². The standard InChI is InChI=1S/C19H16N2O7/c22-13-6-3-11(4-7-13)2-1-9-28-19(25)16-17(23)14-8-5-12(21(26)27)10-15(14)20-18(16)24/h3-8,10,22H,1-2,9H2,(H2,20,23,24).